The number of fused-ring (bicyclic) bond motifs is 1. The second kappa shape index (κ2) is 9.32. The summed E-state index contributed by atoms with van der Waals surface area (Å²) in [4.78, 5) is 31.6. The lowest BCUT2D eigenvalue weighted by atomic mass is 9.92. The summed E-state index contributed by atoms with van der Waals surface area (Å²) in [5.74, 6) is 1.50. The van der Waals surface area contributed by atoms with E-state index in [2.05, 4.69) is 29.0 Å². The SMILES string of the molecule is Cc1cccc2c(=O)n(CCC(=O)NCCCN3C[C@@H](C)C[C@H](C)C3)cnc12. The lowest BCUT2D eigenvalue weighted by molar-refractivity contribution is -0.121. The van der Waals surface area contributed by atoms with Crippen LogP contribution in [0.3, 0.4) is 0 Å². The Hall–Kier alpha value is -2.21. The van der Waals surface area contributed by atoms with E-state index < -0.39 is 0 Å². The monoisotopic (exact) mass is 384 g/mol. The second-order valence-corrected chi connectivity index (χ2v) is 8.37. The van der Waals surface area contributed by atoms with Gasteiger partial charge in [0.15, 0.2) is 0 Å². The zero-order valence-corrected chi connectivity index (χ0v) is 17.3. The van der Waals surface area contributed by atoms with Crippen LogP contribution in [0.25, 0.3) is 10.9 Å². The van der Waals surface area contributed by atoms with Crippen LogP contribution in [0.15, 0.2) is 29.3 Å². The Morgan fingerprint density at radius 1 is 1.21 bits per heavy atom. The number of hydrogen-bond acceptors (Lipinski definition) is 4. The van der Waals surface area contributed by atoms with Crippen LogP contribution in [0.1, 0.15) is 38.7 Å². The van der Waals surface area contributed by atoms with Crippen LogP contribution in [0.2, 0.25) is 0 Å². The molecule has 6 heteroatoms. The van der Waals surface area contributed by atoms with Crippen LogP contribution >= 0.6 is 0 Å². The summed E-state index contributed by atoms with van der Waals surface area (Å²) in [6.45, 7) is 11.0. The van der Waals surface area contributed by atoms with Crippen molar-refractivity contribution in [2.24, 2.45) is 11.8 Å². The lowest BCUT2D eigenvalue weighted by Gasteiger charge is -2.34. The van der Waals surface area contributed by atoms with E-state index in [0.717, 1.165) is 49.0 Å². The molecule has 0 radical (unpaired) electrons. The molecular formula is C22H32N4O2. The average Bonchev–Trinajstić information content (AvgIpc) is 2.64. The third-order valence-corrected chi connectivity index (χ3v) is 5.55. The standard InChI is InChI=1S/C22H32N4O2/c1-16-12-17(2)14-25(13-16)10-5-9-23-20(27)8-11-26-15-24-21-18(3)6-4-7-19(21)22(26)28/h4,6-7,15-17H,5,8-14H2,1-3H3,(H,23,27)/t16-,17-/m0/s1. The molecule has 1 fully saturated rings. The summed E-state index contributed by atoms with van der Waals surface area (Å²) >= 11 is 0. The molecule has 0 aliphatic carbocycles. The molecule has 152 valence electrons. The van der Waals surface area contributed by atoms with Gasteiger partial charge in [0, 0.05) is 32.6 Å². The Bertz CT molecular complexity index is 866. The van der Waals surface area contributed by atoms with Gasteiger partial charge in [-0.15, -0.1) is 0 Å². The van der Waals surface area contributed by atoms with Crippen molar-refractivity contribution in [2.75, 3.05) is 26.2 Å². The van der Waals surface area contributed by atoms with Crippen LogP contribution in [0, 0.1) is 18.8 Å². The molecule has 0 unspecified atom stereocenters. The first-order valence-corrected chi connectivity index (χ1v) is 10.4. The van der Waals surface area contributed by atoms with Crippen LogP contribution < -0.4 is 10.9 Å². The molecule has 3 rings (SSSR count). The van der Waals surface area contributed by atoms with Crippen molar-refractivity contribution in [2.45, 2.75) is 46.6 Å². The Balaban J connectivity index is 1.43. The Morgan fingerprint density at radius 3 is 2.71 bits per heavy atom. The van der Waals surface area contributed by atoms with E-state index >= 15 is 0 Å². The molecule has 6 nitrogen and oxygen atoms in total. The molecule has 0 spiro atoms. The molecule has 1 aromatic carbocycles. The molecule has 1 saturated heterocycles. The van der Waals surface area contributed by atoms with E-state index in [4.69, 9.17) is 0 Å². The Kier molecular flexibility index (Phi) is 6.83. The first-order valence-electron chi connectivity index (χ1n) is 10.4. The van der Waals surface area contributed by atoms with Crippen molar-refractivity contribution in [3.63, 3.8) is 0 Å². The number of rotatable bonds is 7. The smallest absolute Gasteiger partial charge is 0.261 e. The molecule has 1 N–H and O–H groups in total. The highest BCUT2D eigenvalue weighted by atomic mass is 16.1. The van der Waals surface area contributed by atoms with Gasteiger partial charge in [0.05, 0.1) is 17.2 Å². The van der Waals surface area contributed by atoms with Gasteiger partial charge in [0.1, 0.15) is 0 Å². The van der Waals surface area contributed by atoms with Gasteiger partial charge in [-0.05, 0) is 49.8 Å². The van der Waals surface area contributed by atoms with Gasteiger partial charge in [-0.1, -0.05) is 26.0 Å². The van der Waals surface area contributed by atoms with Gasteiger partial charge in [-0.2, -0.15) is 0 Å². The Morgan fingerprint density at radius 2 is 1.96 bits per heavy atom. The summed E-state index contributed by atoms with van der Waals surface area (Å²) < 4.78 is 1.53. The molecule has 0 bridgehead atoms. The highest BCUT2D eigenvalue weighted by Crippen LogP contribution is 2.20. The number of carbonyl (C=O) groups excluding carboxylic acids is 1. The fourth-order valence-corrected chi connectivity index (χ4v) is 4.31. The zero-order valence-electron chi connectivity index (χ0n) is 17.3. The predicted molar refractivity (Wildman–Crippen MR) is 112 cm³/mol. The fraction of sp³-hybridized carbons (Fsp3) is 0.591. The largest absolute Gasteiger partial charge is 0.356 e. The number of carbonyl (C=O) groups is 1. The van der Waals surface area contributed by atoms with Crippen molar-refractivity contribution in [1.29, 1.82) is 0 Å². The van der Waals surface area contributed by atoms with E-state index in [1.807, 2.05) is 19.1 Å². The minimum atomic E-state index is -0.0881. The Labute approximate surface area is 166 Å². The molecule has 0 saturated carbocycles. The number of nitrogens with zero attached hydrogens (tertiary/aromatic N) is 3. The molecule has 2 heterocycles. The number of benzene rings is 1. The van der Waals surface area contributed by atoms with Crippen molar-refractivity contribution in [1.82, 2.24) is 19.8 Å². The topological polar surface area (TPSA) is 67.2 Å². The third kappa shape index (κ3) is 5.19. The average molecular weight is 385 g/mol. The number of nitrogens with one attached hydrogen (secondary N) is 1. The first kappa shape index (κ1) is 20.5. The number of aromatic nitrogens is 2. The van der Waals surface area contributed by atoms with Gasteiger partial charge in [-0.3, -0.25) is 14.2 Å². The molecule has 28 heavy (non-hydrogen) atoms. The normalized spacial score (nSPS) is 20.4. The number of hydrogen-bond donors (Lipinski definition) is 1. The third-order valence-electron chi connectivity index (χ3n) is 5.55. The van der Waals surface area contributed by atoms with Gasteiger partial charge < -0.3 is 10.2 Å². The van der Waals surface area contributed by atoms with E-state index in [1.54, 1.807) is 12.4 Å². The molecule has 1 aliphatic rings. The maximum Gasteiger partial charge on any atom is 0.261 e. The number of likely N-dealkylation sites (tertiary alicyclic amines) is 1. The van der Waals surface area contributed by atoms with Crippen molar-refractivity contribution in [3.8, 4) is 0 Å². The molecule has 2 aromatic rings. The quantitative estimate of drug-likeness (QED) is 0.745. The molecular weight excluding hydrogens is 352 g/mol. The molecule has 2 atom stereocenters. The van der Waals surface area contributed by atoms with Crippen molar-refractivity contribution >= 4 is 16.8 Å². The molecule has 1 amide bonds. The van der Waals surface area contributed by atoms with Gasteiger partial charge in [0.25, 0.3) is 5.56 Å². The minimum Gasteiger partial charge on any atom is -0.356 e. The number of para-hydroxylation sites is 1. The van der Waals surface area contributed by atoms with Crippen LogP contribution in [0.4, 0.5) is 0 Å². The van der Waals surface area contributed by atoms with Crippen LogP contribution in [0.5, 0.6) is 0 Å². The van der Waals surface area contributed by atoms with E-state index in [9.17, 15) is 9.59 Å². The fourth-order valence-electron chi connectivity index (χ4n) is 4.31. The summed E-state index contributed by atoms with van der Waals surface area (Å²) in [6, 6.07) is 5.59. The number of piperidine rings is 1. The number of amides is 1. The van der Waals surface area contributed by atoms with Gasteiger partial charge >= 0.3 is 0 Å². The maximum absolute atomic E-state index is 12.6. The van der Waals surface area contributed by atoms with Crippen molar-refractivity contribution in [3.05, 3.63) is 40.4 Å². The van der Waals surface area contributed by atoms with Gasteiger partial charge in [0.2, 0.25) is 5.91 Å². The maximum atomic E-state index is 12.6. The first-order chi connectivity index (χ1) is 13.4. The summed E-state index contributed by atoms with van der Waals surface area (Å²) in [5.41, 5.74) is 1.63. The summed E-state index contributed by atoms with van der Waals surface area (Å²) in [6.07, 6.45) is 4.11. The summed E-state index contributed by atoms with van der Waals surface area (Å²) in [5, 5.41) is 3.58. The van der Waals surface area contributed by atoms with Crippen molar-refractivity contribution < 1.29 is 4.79 Å². The molecule has 1 aliphatic heterocycles. The van der Waals surface area contributed by atoms with Crippen LogP contribution in [-0.2, 0) is 11.3 Å². The highest BCUT2D eigenvalue weighted by molar-refractivity contribution is 5.80. The number of aryl methyl sites for hydroxylation is 2. The highest BCUT2D eigenvalue weighted by Gasteiger charge is 2.21. The van der Waals surface area contributed by atoms with E-state index in [0.29, 0.717) is 18.5 Å². The second-order valence-electron chi connectivity index (χ2n) is 8.37. The summed E-state index contributed by atoms with van der Waals surface area (Å²) in [7, 11) is 0. The minimum absolute atomic E-state index is 0.0170. The van der Waals surface area contributed by atoms with Crippen LogP contribution in [-0.4, -0.2) is 46.5 Å². The molecule has 1 aromatic heterocycles. The van der Waals surface area contributed by atoms with E-state index in [-0.39, 0.29) is 17.9 Å². The van der Waals surface area contributed by atoms with Gasteiger partial charge in [-0.25, -0.2) is 4.98 Å². The zero-order chi connectivity index (χ0) is 20.1. The lowest BCUT2D eigenvalue weighted by Crippen LogP contribution is -2.40. The predicted octanol–water partition coefficient (Wildman–Crippen LogP) is 2.58. The van der Waals surface area contributed by atoms with E-state index in [1.165, 1.54) is 11.0 Å².